The monoisotopic (exact) mass is 180 g/mol. The minimum Gasteiger partial charge on any atom is -0.286 e. The largest absolute Gasteiger partial charge is 0.286 e. The first-order valence-corrected chi connectivity index (χ1v) is 5.15. The van der Waals surface area contributed by atoms with Crippen LogP contribution in [0.15, 0.2) is 12.7 Å². The molecule has 0 radical (unpaired) electrons. The van der Waals surface area contributed by atoms with E-state index in [0.29, 0.717) is 6.26 Å². The van der Waals surface area contributed by atoms with Crippen molar-refractivity contribution in [2.24, 2.45) is 5.92 Å². The van der Waals surface area contributed by atoms with Crippen LogP contribution in [0.4, 0.5) is 0 Å². The normalized spacial score (nSPS) is 10.3. The maximum Gasteiger partial charge on any atom is 0.261 e. The second-order valence-corrected chi connectivity index (χ2v) is 4.12. The lowest BCUT2D eigenvalue weighted by Crippen LogP contribution is -1.88. The van der Waals surface area contributed by atoms with Crippen molar-refractivity contribution in [2.45, 2.75) is 20.3 Å². The summed E-state index contributed by atoms with van der Waals surface area (Å²) in [5.41, 5.74) is 0. The molecule has 0 aliphatic carbocycles. The van der Waals surface area contributed by atoms with Gasteiger partial charge in [-0.1, -0.05) is 19.9 Å². The maximum absolute atomic E-state index is 9.19. The Morgan fingerprint density at radius 2 is 1.82 bits per heavy atom. The van der Waals surface area contributed by atoms with E-state index in [2.05, 4.69) is 20.4 Å². The van der Waals surface area contributed by atoms with Crippen LogP contribution in [0.5, 0.6) is 0 Å². The highest BCUT2D eigenvalue weighted by Crippen LogP contribution is 1.96. The van der Waals surface area contributed by atoms with Crippen molar-refractivity contribution < 1.29 is 13.0 Å². The van der Waals surface area contributed by atoms with E-state index in [4.69, 9.17) is 4.55 Å². The fraction of sp³-hybridized carbons (Fsp3) is 0.714. The molecule has 3 nitrogen and oxygen atoms in total. The molecule has 0 heterocycles. The van der Waals surface area contributed by atoms with Crippen LogP contribution in [0.2, 0.25) is 0 Å². The number of allylic oxidation sites excluding steroid dienone is 1. The Bertz CT molecular complexity index is 172. The van der Waals surface area contributed by atoms with Crippen molar-refractivity contribution in [1.82, 2.24) is 0 Å². The van der Waals surface area contributed by atoms with E-state index in [1.54, 1.807) is 0 Å². The predicted molar refractivity (Wildman–Crippen MR) is 47.1 cm³/mol. The number of hydrogen-bond donors (Lipinski definition) is 1. The second-order valence-electron chi connectivity index (χ2n) is 2.65. The molecule has 0 amide bonds. The summed E-state index contributed by atoms with van der Waals surface area (Å²) in [6, 6.07) is 0. The molecular formula is C7H16O3S. The van der Waals surface area contributed by atoms with Crippen molar-refractivity contribution >= 4 is 10.1 Å². The molecule has 0 aliphatic rings. The van der Waals surface area contributed by atoms with Crippen molar-refractivity contribution in [3.8, 4) is 0 Å². The Morgan fingerprint density at radius 1 is 1.55 bits per heavy atom. The Balaban J connectivity index is 0. The minimum atomic E-state index is -3.67. The molecule has 0 aromatic heterocycles. The predicted octanol–water partition coefficient (Wildman–Crippen LogP) is 1.72. The van der Waals surface area contributed by atoms with Crippen molar-refractivity contribution in [2.75, 3.05) is 6.26 Å². The van der Waals surface area contributed by atoms with Crippen molar-refractivity contribution in [3.05, 3.63) is 12.7 Å². The topological polar surface area (TPSA) is 54.4 Å². The molecule has 0 aromatic carbocycles. The number of hydrogen-bond acceptors (Lipinski definition) is 2. The summed E-state index contributed by atoms with van der Waals surface area (Å²) >= 11 is 0. The third-order valence-electron chi connectivity index (χ3n) is 0.638. The summed E-state index contributed by atoms with van der Waals surface area (Å²) in [7, 11) is -3.67. The van der Waals surface area contributed by atoms with Gasteiger partial charge in [-0.15, -0.1) is 6.58 Å². The molecule has 0 aromatic rings. The summed E-state index contributed by atoms with van der Waals surface area (Å²) in [4.78, 5) is 0. The average Bonchev–Trinajstić information content (AvgIpc) is 1.58. The first-order valence-electron chi connectivity index (χ1n) is 3.30. The van der Waals surface area contributed by atoms with Crippen LogP contribution in [0, 0.1) is 5.92 Å². The molecule has 0 unspecified atom stereocenters. The van der Waals surface area contributed by atoms with Gasteiger partial charge >= 0.3 is 0 Å². The summed E-state index contributed by atoms with van der Waals surface area (Å²) in [5, 5.41) is 0. The van der Waals surface area contributed by atoms with Gasteiger partial charge < -0.3 is 0 Å². The zero-order chi connectivity index (χ0) is 9.49. The molecule has 11 heavy (non-hydrogen) atoms. The fourth-order valence-electron chi connectivity index (χ4n) is 0.333. The third-order valence-corrected chi connectivity index (χ3v) is 0.638. The molecule has 0 saturated heterocycles. The third kappa shape index (κ3) is 80.4. The van der Waals surface area contributed by atoms with Crippen LogP contribution >= 0.6 is 0 Å². The molecule has 0 bridgehead atoms. The first-order chi connectivity index (χ1) is 4.77. The van der Waals surface area contributed by atoms with Gasteiger partial charge in [-0.25, -0.2) is 0 Å². The van der Waals surface area contributed by atoms with Gasteiger partial charge in [-0.05, 0) is 12.3 Å². The molecular weight excluding hydrogens is 164 g/mol. The van der Waals surface area contributed by atoms with Gasteiger partial charge in [-0.3, -0.25) is 4.55 Å². The molecule has 68 valence electrons. The molecule has 0 spiro atoms. The lowest BCUT2D eigenvalue weighted by atomic mass is 10.1. The highest BCUT2D eigenvalue weighted by molar-refractivity contribution is 7.85. The average molecular weight is 180 g/mol. The van der Waals surface area contributed by atoms with Crippen LogP contribution in [-0.2, 0) is 10.1 Å². The smallest absolute Gasteiger partial charge is 0.261 e. The van der Waals surface area contributed by atoms with Gasteiger partial charge in [0.05, 0.1) is 6.26 Å². The summed E-state index contributed by atoms with van der Waals surface area (Å²) in [6.45, 7) is 7.97. The van der Waals surface area contributed by atoms with E-state index in [-0.39, 0.29) is 0 Å². The molecule has 0 rings (SSSR count). The zero-order valence-electron chi connectivity index (χ0n) is 7.24. The summed E-state index contributed by atoms with van der Waals surface area (Å²) < 4.78 is 25.9. The molecule has 0 atom stereocenters. The molecule has 0 fully saturated rings. The van der Waals surface area contributed by atoms with Crippen molar-refractivity contribution in [1.29, 1.82) is 0 Å². The van der Waals surface area contributed by atoms with Gasteiger partial charge in [0, 0.05) is 0 Å². The lowest BCUT2D eigenvalue weighted by Gasteiger charge is -1.92. The standard InChI is InChI=1S/C6H12.CH4O3S/c1-4-5-6(2)3;1-5(2,3)4/h4,6H,1,5H2,2-3H3;1H3,(H,2,3,4). The van der Waals surface area contributed by atoms with Gasteiger partial charge in [0.1, 0.15) is 0 Å². The van der Waals surface area contributed by atoms with E-state index < -0.39 is 10.1 Å². The summed E-state index contributed by atoms with van der Waals surface area (Å²) in [5.74, 6) is 0.780. The van der Waals surface area contributed by atoms with Gasteiger partial charge in [0.15, 0.2) is 0 Å². The highest BCUT2D eigenvalue weighted by Gasteiger charge is 1.82. The second kappa shape index (κ2) is 6.37. The summed E-state index contributed by atoms with van der Waals surface area (Å²) in [6.07, 6.45) is 3.80. The Hall–Kier alpha value is -0.350. The highest BCUT2D eigenvalue weighted by atomic mass is 32.2. The molecule has 4 heteroatoms. The first kappa shape index (κ1) is 13.3. The van der Waals surface area contributed by atoms with Crippen LogP contribution in [0.3, 0.4) is 0 Å². The van der Waals surface area contributed by atoms with Crippen molar-refractivity contribution in [3.63, 3.8) is 0 Å². The molecule has 1 N–H and O–H groups in total. The maximum atomic E-state index is 9.19. The SMILES string of the molecule is C=CCC(C)C.CS(=O)(=O)O. The van der Waals surface area contributed by atoms with E-state index in [0.717, 1.165) is 12.3 Å². The lowest BCUT2D eigenvalue weighted by molar-refractivity contribution is 0.490. The van der Waals surface area contributed by atoms with Crippen LogP contribution < -0.4 is 0 Å². The Labute approximate surface area is 68.9 Å². The quantitative estimate of drug-likeness (QED) is 0.520. The van der Waals surface area contributed by atoms with Gasteiger partial charge in [-0.2, -0.15) is 8.42 Å². The van der Waals surface area contributed by atoms with Gasteiger partial charge in [0.25, 0.3) is 10.1 Å². The fourth-order valence-corrected chi connectivity index (χ4v) is 0.333. The zero-order valence-corrected chi connectivity index (χ0v) is 8.06. The van der Waals surface area contributed by atoms with E-state index >= 15 is 0 Å². The Morgan fingerprint density at radius 3 is 1.82 bits per heavy atom. The molecule has 0 saturated carbocycles. The van der Waals surface area contributed by atoms with E-state index in [1.165, 1.54) is 0 Å². The van der Waals surface area contributed by atoms with Crippen LogP contribution in [0.1, 0.15) is 20.3 Å². The number of rotatable bonds is 2. The Kier molecular flexibility index (Phi) is 7.67. The van der Waals surface area contributed by atoms with Crippen LogP contribution in [0.25, 0.3) is 0 Å². The molecule has 0 aliphatic heterocycles. The van der Waals surface area contributed by atoms with Crippen LogP contribution in [-0.4, -0.2) is 19.2 Å². The van der Waals surface area contributed by atoms with E-state index in [9.17, 15) is 8.42 Å². The van der Waals surface area contributed by atoms with Gasteiger partial charge in [0.2, 0.25) is 0 Å². The minimum absolute atomic E-state index is 0.715. The van der Waals surface area contributed by atoms with E-state index in [1.807, 2.05) is 6.08 Å².